The number of nitrogens with zero attached hydrogens (tertiary/aromatic N) is 3. The molecule has 0 radical (unpaired) electrons. The smallest absolute Gasteiger partial charge is 0.338 e. The third kappa shape index (κ3) is 4.37. The maximum atomic E-state index is 12.6. The van der Waals surface area contributed by atoms with Crippen LogP contribution in [0.2, 0.25) is 0 Å². The quantitative estimate of drug-likeness (QED) is 0.637. The van der Waals surface area contributed by atoms with Crippen molar-refractivity contribution in [2.75, 3.05) is 26.2 Å². The van der Waals surface area contributed by atoms with Gasteiger partial charge in [0.2, 0.25) is 0 Å². The number of nitriles is 1. The van der Waals surface area contributed by atoms with Crippen LogP contribution in [0, 0.1) is 11.3 Å². The van der Waals surface area contributed by atoms with Gasteiger partial charge in [0.05, 0.1) is 18.9 Å². The molecule has 1 atom stereocenters. The number of Topliss-reactive ketones (excluding diaryl/α,β-unsaturated/α-hetero) is 1. The minimum absolute atomic E-state index is 0.388. The molecule has 0 aromatic heterocycles. The van der Waals surface area contributed by atoms with E-state index in [1.165, 1.54) is 9.91 Å². The van der Waals surface area contributed by atoms with Crippen molar-refractivity contribution in [2.24, 2.45) is 0 Å². The van der Waals surface area contributed by atoms with Crippen LogP contribution in [0.5, 0.6) is 5.75 Å². The van der Waals surface area contributed by atoms with Crippen LogP contribution >= 0.6 is 0 Å². The summed E-state index contributed by atoms with van der Waals surface area (Å²) in [5.74, 6) is 0.210. The van der Waals surface area contributed by atoms with E-state index in [0.29, 0.717) is 17.0 Å². The standard InChI is InChI=1S/C19H20N4O3/c1-22(2)19(25)23(15-9-11-16(26-3)12-10-15)21-17(13-20)18(24)14-7-5-4-6-8-14/h4-12,17,21H,1-3H3. The van der Waals surface area contributed by atoms with Crippen molar-refractivity contribution in [3.05, 3.63) is 60.2 Å². The summed E-state index contributed by atoms with van der Waals surface area (Å²) in [4.78, 5) is 26.5. The van der Waals surface area contributed by atoms with Gasteiger partial charge in [-0.15, -0.1) is 0 Å². The number of ketones is 1. The van der Waals surface area contributed by atoms with E-state index in [2.05, 4.69) is 5.43 Å². The summed E-state index contributed by atoms with van der Waals surface area (Å²) in [5, 5.41) is 10.6. The molecular formula is C19H20N4O3. The molecule has 0 saturated heterocycles. The highest BCUT2D eigenvalue weighted by molar-refractivity contribution is 6.02. The predicted octanol–water partition coefficient (Wildman–Crippen LogP) is 2.46. The van der Waals surface area contributed by atoms with Crippen LogP contribution in [-0.2, 0) is 0 Å². The Morgan fingerprint density at radius 1 is 1.08 bits per heavy atom. The number of urea groups is 1. The number of carbonyl (C=O) groups excluding carboxylic acids is 2. The van der Waals surface area contributed by atoms with Crippen molar-refractivity contribution >= 4 is 17.5 Å². The molecule has 0 bridgehead atoms. The highest BCUT2D eigenvalue weighted by Gasteiger charge is 2.26. The number of nitrogens with one attached hydrogen (secondary N) is 1. The van der Waals surface area contributed by atoms with E-state index < -0.39 is 17.9 Å². The molecule has 0 aliphatic heterocycles. The maximum absolute atomic E-state index is 12.6. The van der Waals surface area contributed by atoms with Gasteiger partial charge >= 0.3 is 6.03 Å². The molecule has 2 rings (SSSR count). The summed E-state index contributed by atoms with van der Waals surface area (Å²) >= 11 is 0. The van der Waals surface area contributed by atoms with Crippen molar-refractivity contribution in [2.45, 2.75) is 6.04 Å². The number of hydrazine groups is 1. The molecular weight excluding hydrogens is 332 g/mol. The minimum Gasteiger partial charge on any atom is -0.497 e. The van der Waals surface area contributed by atoms with Gasteiger partial charge in [-0.1, -0.05) is 30.3 Å². The Morgan fingerprint density at radius 2 is 1.69 bits per heavy atom. The van der Waals surface area contributed by atoms with Crippen LogP contribution in [0.4, 0.5) is 10.5 Å². The molecule has 0 aliphatic carbocycles. The number of methoxy groups -OCH3 is 1. The van der Waals surface area contributed by atoms with Gasteiger partial charge in [-0.2, -0.15) is 5.26 Å². The summed E-state index contributed by atoms with van der Waals surface area (Å²) in [6.45, 7) is 0. The number of ether oxygens (including phenoxy) is 1. The Balaban J connectivity index is 2.31. The Hall–Kier alpha value is -3.37. The van der Waals surface area contributed by atoms with Crippen LogP contribution in [-0.4, -0.2) is 44.0 Å². The Kier molecular flexibility index (Phi) is 6.31. The highest BCUT2D eigenvalue weighted by atomic mass is 16.5. The van der Waals surface area contributed by atoms with Gasteiger partial charge in [-0.25, -0.2) is 15.2 Å². The Labute approximate surface area is 152 Å². The van der Waals surface area contributed by atoms with E-state index in [1.807, 2.05) is 6.07 Å². The lowest BCUT2D eigenvalue weighted by molar-refractivity contribution is 0.0965. The highest BCUT2D eigenvalue weighted by Crippen LogP contribution is 2.19. The number of carbonyl (C=O) groups is 2. The number of rotatable bonds is 6. The van der Waals surface area contributed by atoms with Gasteiger partial charge in [0.15, 0.2) is 11.8 Å². The monoisotopic (exact) mass is 352 g/mol. The second kappa shape index (κ2) is 8.65. The second-order valence-electron chi connectivity index (χ2n) is 5.63. The average Bonchev–Trinajstić information content (AvgIpc) is 2.68. The predicted molar refractivity (Wildman–Crippen MR) is 97.9 cm³/mol. The molecule has 0 aliphatic rings. The molecule has 0 saturated carbocycles. The lowest BCUT2D eigenvalue weighted by Gasteiger charge is -2.28. The van der Waals surface area contributed by atoms with Crippen LogP contribution in [0.1, 0.15) is 10.4 Å². The first kappa shape index (κ1) is 19.0. The van der Waals surface area contributed by atoms with Gasteiger partial charge in [0.25, 0.3) is 0 Å². The summed E-state index contributed by atoms with van der Waals surface area (Å²) in [5.41, 5.74) is 3.59. The zero-order chi connectivity index (χ0) is 19.1. The van der Waals surface area contributed by atoms with E-state index in [0.717, 1.165) is 0 Å². The molecule has 1 N–H and O–H groups in total. The fourth-order valence-electron chi connectivity index (χ4n) is 2.22. The number of hydrogen-bond acceptors (Lipinski definition) is 5. The fraction of sp³-hybridized carbons (Fsp3) is 0.211. The van der Waals surface area contributed by atoms with Crippen LogP contribution in [0.3, 0.4) is 0 Å². The van der Waals surface area contributed by atoms with E-state index >= 15 is 0 Å². The largest absolute Gasteiger partial charge is 0.497 e. The van der Waals surface area contributed by atoms with Crippen molar-refractivity contribution in [1.29, 1.82) is 5.26 Å². The summed E-state index contributed by atoms with van der Waals surface area (Å²) in [6.07, 6.45) is 0. The number of benzene rings is 2. The Bertz CT molecular complexity index is 798. The molecule has 2 amide bonds. The SMILES string of the molecule is COc1ccc(N(NC(C#N)C(=O)c2ccccc2)C(=O)N(C)C)cc1. The van der Waals surface area contributed by atoms with Crippen LogP contribution < -0.4 is 15.2 Å². The van der Waals surface area contributed by atoms with Gasteiger partial charge in [-0.3, -0.25) is 4.79 Å². The third-order valence-corrected chi connectivity index (χ3v) is 3.61. The molecule has 2 aromatic carbocycles. The van der Waals surface area contributed by atoms with E-state index in [-0.39, 0.29) is 0 Å². The van der Waals surface area contributed by atoms with Crippen molar-refractivity contribution in [3.63, 3.8) is 0 Å². The summed E-state index contributed by atoms with van der Waals surface area (Å²) in [7, 11) is 4.71. The van der Waals surface area contributed by atoms with Crippen LogP contribution in [0.15, 0.2) is 54.6 Å². The molecule has 2 aromatic rings. The van der Waals surface area contributed by atoms with E-state index in [4.69, 9.17) is 4.74 Å². The first-order chi connectivity index (χ1) is 12.5. The minimum atomic E-state index is -1.22. The molecule has 0 heterocycles. The van der Waals surface area contributed by atoms with E-state index in [9.17, 15) is 14.9 Å². The molecule has 26 heavy (non-hydrogen) atoms. The van der Waals surface area contributed by atoms with Crippen molar-refractivity contribution < 1.29 is 14.3 Å². The van der Waals surface area contributed by atoms with Gasteiger partial charge < -0.3 is 9.64 Å². The topological polar surface area (TPSA) is 85.7 Å². The number of amides is 2. The molecule has 134 valence electrons. The van der Waals surface area contributed by atoms with Crippen LogP contribution in [0.25, 0.3) is 0 Å². The molecule has 1 unspecified atom stereocenters. The normalized spacial score (nSPS) is 11.2. The first-order valence-electron chi connectivity index (χ1n) is 7.88. The third-order valence-electron chi connectivity index (χ3n) is 3.61. The maximum Gasteiger partial charge on any atom is 0.338 e. The average molecular weight is 352 g/mol. The van der Waals surface area contributed by atoms with E-state index in [1.54, 1.807) is 75.8 Å². The lowest BCUT2D eigenvalue weighted by Crippen LogP contribution is -2.54. The zero-order valence-corrected chi connectivity index (χ0v) is 14.8. The molecule has 0 spiro atoms. The first-order valence-corrected chi connectivity index (χ1v) is 7.88. The van der Waals surface area contributed by atoms with Gasteiger partial charge in [0, 0.05) is 19.7 Å². The molecule has 7 nitrogen and oxygen atoms in total. The lowest BCUT2D eigenvalue weighted by atomic mass is 10.1. The van der Waals surface area contributed by atoms with Gasteiger partial charge in [-0.05, 0) is 24.3 Å². The number of anilines is 1. The second-order valence-corrected chi connectivity index (χ2v) is 5.63. The van der Waals surface area contributed by atoms with Crippen molar-refractivity contribution in [1.82, 2.24) is 10.3 Å². The molecule has 7 heteroatoms. The van der Waals surface area contributed by atoms with Crippen molar-refractivity contribution in [3.8, 4) is 11.8 Å². The number of hydrogen-bond donors (Lipinski definition) is 1. The summed E-state index contributed by atoms with van der Waals surface area (Å²) < 4.78 is 5.11. The summed E-state index contributed by atoms with van der Waals surface area (Å²) in [6, 6.07) is 15.4. The fourth-order valence-corrected chi connectivity index (χ4v) is 2.22. The zero-order valence-electron chi connectivity index (χ0n) is 14.8. The Morgan fingerprint density at radius 3 is 2.19 bits per heavy atom. The van der Waals surface area contributed by atoms with Gasteiger partial charge in [0.1, 0.15) is 5.75 Å². The molecule has 0 fully saturated rings.